The van der Waals surface area contributed by atoms with Crippen LogP contribution in [-0.2, 0) is 0 Å². The Morgan fingerprint density at radius 1 is 1.12 bits per heavy atom. The van der Waals surface area contributed by atoms with Crippen LogP contribution in [0, 0.1) is 6.92 Å². The molecule has 5 nitrogen and oxygen atoms in total. The van der Waals surface area contributed by atoms with E-state index in [1.165, 1.54) is 18.2 Å². The molecule has 0 fully saturated rings. The van der Waals surface area contributed by atoms with Gasteiger partial charge in [0.1, 0.15) is 17.0 Å². The van der Waals surface area contributed by atoms with Gasteiger partial charge in [0, 0.05) is 17.1 Å². The zero-order valence-electron chi connectivity index (χ0n) is 13.1. The Morgan fingerprint density at radius 3 is 2.60 bits per heavy atom. The van der Waals surface area contributed by atoms with Crippen LogP contribution in [0.2, 0.25) is 10.0 Å². The average molecular weight is 378 g/mol. The Morgan fingerprint density at radius 2 is 1.88 bits per heavy atom. The van der Waals surface area contributed by atoms with E-state index in [-0.39, 0.29) is 34.4 Å². The van der Waals surface area contributed by atoms with Crippen molar-refractivity contribution in [2.45, 2.75) is 6.92 Å². The van der Waals surface area contributed by atoms with Gasteiger partial charge in [-0.25, -0.2) is 4.98 Å². The first kappa shape index (κ1) is 17.3. The number of carbonyl (C=O) groups excluding carboxylic acids is 1. The first-order valence-corrected chi connectivity index (χ1v) is 8.05. The Balaban J connectivity index is 1.93. The number of Topliss-reactive ketones (excluding diaryl/α,β-unsaturated/α-hetero) is 1. The predicted molar refractivity (Wildman–Crippen MR) is 96.1 cm³/mol. The SMILES string of the molecule is Cc1ccc2c(Cl)cc(Cl)c(OCC(=O)c3ccc(O)cc3O)c2n1. The second-order valence-electron chi connectivity index (χ2n) is 5.43. The Bertz CT molecular complexity index is 988. The minimum Gasteiger partial charge on any atom is -0.508 e. The smallest absolute Gasteiger partial charge is 0.203 e. The zero-order chi connectivity index (χ0) is 18.1. The van der Waals surface area contributed by atoms with Crippen LogP contribution in [0.3, 0.4) is 0 Å². The Labute approximate surface area is 153 Å². The van der Waals surface area contributed by atoms with Gasteiger partial charge in [-0.05, 0) is 37.3 Å². The van der Waals surface area contributed by atoms with Gasteiger partial charge in [-0.2, -0.15) is 0 Å². The minimum atomic E-state index is -0.468. The van der Waals surface area contributed by atoms with Crippen LogP contribution in [0.15, 0.2) is 36.4 Å². The summed E-state index contributed by atoms with van der Waals surface area (Å²) < 4.78 is 5.59. The van der Waals surface area contributed by atoms with Gasteiger partial charge in [0.25, 0.3) is 0 Å². The molecule has 0 saturated heterocycles. The number of nitrogens with zero attached hydrogens (tertiary/aromatic N) is 1. The van der Waals surface area contributed by atoms with Gasteiger partial charge in [0.05, 0.1) is 15.6 Å². The van der Waals surface area contributed by atoms with Crippen LogP contribution in [0.25, 0.3) is 10.9 Å². The molecule has 0 bridgehead atoms. The molecule has 3 rings (SSSR count). The summed E-state index contributed by atoms with van der Waals surface area (Å²) in [4.78, 5) is 16.7. The fraction of sp³-hybridized carbons (Fsp3) is 0.111. The molecule has 3 aromatic rings. The molecule has 0 atom stereocenters. The van der Waals surface area contributed by atoms with Crippen molar-refractivity contribution < 1.29 is 19.7 Å². The van der Waals surface area contributed by atoms with Crippen molar-refractivity contribution in [3.8, 4) is 17.2 Å². The molecule has 128 valence electrons. The van der Waals surface area contributed by atoms with Crippen molar-refractivity contribution in [3.05, 3.63) is 57.7 Å². The first-order valence-electron chi connectivity index (χ1n) is 7.30. The maximum atomic E-state index is 12.3. The number of phenolic OH excluding ortho intramolecular Hbond substituents is 2. The number of halogens is 2. The number of phenols is 2. The molecule has 0 amide bonds. The van der Waals surface area contributed by atoms with E-state index in [1.54, 1.807) is 6.07 Å². The lowest BCUT2D eigenvalue weighted by Gasteiger charge is -2.12. The van der Waals surface area contributed by atoms with Gasteiger partial charge in [-0.3, -0.25) is 4.79 Å². The molecule has 2 N–H and O–H groups in total. The van der Waals surface area contributed by atoms with Crippen LogP contribution >= 0.6 is 23.2 Å². The number of rotatable bonds is 4. The van der Waals surface area contributed by atoms with Gasteiger partial charge >= 0.3 is 0 Å². The van der Waals surface area contributed by atoms with Crippen LogP contribution in [0.1, 0.15) is 16.1 Å². The maximum absolute atomic E-state index is 12.3. The molecule has 0 radical (unpaired) electrons. The Kier molecular flexibility index (Phi) is 4.70. The second kappa shape index (κ2) is 6.78. The van der Waals surface area contributed by atoms with Crippen LogP contribution in [0.4, 0.5) is 0 Å². The number of aromatic hydroxyl groups is 2. The fourth-order valence-corrected chi connectivity index (χ4v) is 2.97. The largest absolute Gasteiger partial charge is 0.508 e. The number of benzene rings is 2. The first-order chi connectivity index (χ1) is 11.9. The van der Waals surface area contributed by atoms with E-state index < -0.39 is 5.78 Å². The topological polar surface area (TPSA) is 79.7 Å². The van der Waals surface area contributed by atoms with E-state index in [4.69, 9.17) is 27.9 Å². The number of ether oxygens (including phenoxy) is 1. The summed E-state index contributed by atoms with van der Waals surface area (Å²) in [5, 5.41) is 20.4. The molecular formula is C18H13Cl2NO4. The van der Waals surface area contributed by atoms with E-state index in [9.17, 15) is 15.0 Å². The van der Waals surface area contributed by atoms with Crippen molar-refractivity contribution in [1.29, 1.82) is 0 Å². The summed E-state index contributed by atoms with van der Waals surface area (Å²) in [7, 11) is 0. The van der Waals surface area contributed by atoms with Crippen molar-refractivity contribution in [2.75, 3.05) is 6.61 Å². The molecule has 1 heterocycles. The summed E-state index contributed by atoms with van der Waals surface area (Å²) in [6, 6.07) is 8.86. The molecule has 0 spiro atoms. The highest BCUT2D eigenvalue weighted by atomic mass is 35.5. The monoisotopic (exact) mass is 377 g/mol. The molecule has 1 aromatic heterocycles. The predicted octanol–water partition coefficient (Wildman–Crippen LogP) is 4.52. The zero-order valence-corrected chi connectivity index (χ0v) is 14.6. The lowest BCUT2D eigenvalue weighted by molar-refractivity contribution is 0.0920. The summed E-state index contributed by atoms with van der Waals surface area (Å²) in [6.07, 6.45) is 0. The highest BCUT2D eigenvalue weighted by Gasteiger charge is 2.17. The number of aromatic nitrogens is 1. The standard InChI is InChI=1S/C18H13Cl2NO4/c1-9-2-4-11-13(19)7-14(20)18(17(11)21-9)25-8-16(24)12-5-3-10(22)6-15(12)23/h2-7,22-23H,8H2,1H3. The molecule has 0 aliphatic carbocycles. The molecule has 0 unspecified atom stereocenters. The normalized spacial score (nSPS) is 10.8. The van der Waals surface area contributed by atoms with E-state index in [0.29, 0.717) is 15.9 Å². The third kappa shape index (κ3) is 3.48. The minimum absolute atomic E-state index is 0.0383. The van der Waals surface area contributed by atoms with Crippen LogP contribution in [-0.4, -0.2) is 27.6 Å². The molecule has 0 saturated carbocycles. The third-order valence-electron chi connectivity index (χ3n) is 3.61. The van der Waals surface area contributed by atoms with Crippen LogP contribution < -0.4 is 4.74 Å². The maximum Gasteiger partial charge on any atom is 0.203 e. The van der Waals surface area contributed by atoms with Crippen molar-refractivity contribution >= 4 is 39.9 Å². The van der Waals surface area contributed by atoms with E-state index in [1.807, 2.05) is 13.0 Å². The number of hydrogen-bond acceptors (Lipinski definition) is 5. The molecule has 7 heteroatoms. The van der Waals surface area contributed by atoms with Crippen molar-refractivity contribution in [1.82, 2.24) is 4.98 Å². The van der Waals surface area contributed by atoms with Gasteiger partial charge < -0.3 is 14.9 Å². The number of aryl methyl sites for hydroxylation is 1. The van der Waals surface area contributed by atoms with E-state index in [0.717, 1.165) is 11.8 Å². The summed E-state index contributed by atoms with van der Waals surface area (Å²) in [6.45, 7) is 1.46. The highest BCUT2D eigenvalue weighted by Crippen LogP contribution is 2.37. The highest BCUT2D eigenvalue weighted by molar-refractivity contribution is 6.39. The quantitative estimate of drug-likeness (QED) is 0.653. The Hall–Kier alpha value is -2.50. The van der Waals surface area contributed by atoms with Crippen LogP contribution in [0.5, 0.6) is 17.2 Å². The molecule has 0 aliphatic heterocycles. The number of fused-ring (bicyclic) bond motifs is 1. The average Bonchev–Trinajstić information content (AvgIpc) is 2.54. The van der Waals surface area contributed by atoms with Gasteiger partial charge in [-0.1, -0.05) is 23.2 Å². The third-order valence-corrected chi connectivity index (χ3v) is 4.20. The molecule has 25 heavy (non-hydrogen) atoms. The molecular weight excluding hydrogens is 365 g/mol. The number of hydrogen-bond donors (Lipinski definition) is 2. The fourth-order valence-electron chi connectivity index (χ4n) is 2.40. The van der Waals surface area contributed by atoms with Gasteiger partial charge in [-0.15, -0.1) is 0 Å². The number of carbonyl (C=O) groups is 1. The summed E-state index contributed by atoms with van der Waals surface area (Å²) in [5.41, 5.74) is 1.25. The number of pyridine rings is 1. The molecule has 2 aromatic carbocycles. The lowest BCUT2D eigenvalue weighted by Crippen LogP contribution is -2.12. The van der Waals surface area contributed by atoms with E-state index >= 15 is 0 Å². The second-order valence-corrected chi connectivity index (χ2v) is 6.25. The summed E-state index contributed by atoms with van der Waals surface area (Å²) >= 11 is 12.4. The lowest BCUT2D eigenvalue weighted by atomic mass is 10.1. The summed E-state index contributed by atoms with van der Waals surface area (Å²) in [5.74, 6) is -0.684. The van der Waals surface area contributed by atoms with E-state index in [2.05, 4.69) is 4.98 Å². The van der Waals surface area contributed by atoms with Crippen molar-refractivity contribution in [3.63, 3.8) is 0 Å². The van der Waals surface area contributed by atoms with Crippen molar-refractivity contribution in [2.24, 2.45) is 0 Å². The molecule has 0 aliphatic rings. The van der Waals surface area contributed by atoms with Gasteiger partial charge in [0.15, 0.2) is 12.4 Å². The van der Waals surface area contributed by atoms with Gasteiger partial charge in [0.2, 0.25) is 5.78 Å². The number of ketones is 1.